The zero-order valence-electron chi connectivity index (χ0n) is 11.4. The van der Waals surface area contributed by atoms with Gasteiger partial charge in [-0.1, -0.05) is 23.7 Å². The summed E-state index contributed by atoms with van der Waals surface area (Å²) >= 11 is 9.26. The molecule has 22 heavy (non-hydrogen) atoms. The summed E-state index contributed by atoms with van der Waals surface area (Å²) in [4.78, 5) is 25.9. The number of anilines is 2. The molecule has 2 amide bonds. The van der Waals surface area contributed by atoms with Crippen LogP contribution in [0.15, 0.2) is 53.0 Å². The van der Waals surface area contributed by atoms with E-state index in [2.05, 4.69) is 21.2 Å². The topological polar surface area (TPSA) is 49.4 Å². The highest BCUT2D eigenvalue weighted by Gasteiger charge is 2.39. The molecular weight excluding hydrogens is 368 g/mol. The van der Waals surface area contributed by atoms with Gasteiger partial charge in [-0.25, -0.2) is 4.90 Å². The van der Waals surface area contributed by atoms with Gasteiger partial charge in [0.05, 0.1) is 12.1 Å². The average Bonchev–Trinajstić information content (AvgIpc) is 2.77. The maximum Gasteiger partial charge on any atom is 0.256 e. The van der Waals surface area contributed by atoms with Gasteiger partial charge in [0.2, 0.25) is 5.91 Å². The third-order valence-corrected chi connectivity index (χ3v) is 4.38. The molecule has 0 aliphatic carbocycles. The molecule has 4 nitrogen and oxygen atoms in total. The van der Waals surface area contributed by atoms with E-state index in [0.29, 0.717) is 10.7 Å². The molecule has 1 heterocycles. The first-order valence-corrected chi connectivity index (χ1v) is 7.87. The molecule has 6 heteroatoms. The van der Waals surface area contributed by atoms with Gasteiger partial charge in [0.15, 0.2) is 0 Å². The Bertz CT molecular complexity index is 733. The summed E-state index contributed by atoms with van der Waals surface area (Å²) in [7, 11) is 0. The predicted octanol–water partition coefficient (Wildman–Crippen LogP) is 3.85. The number of halogens is 2. The van der Waals surface area contributed by atoms with E-state index in [-0.39, 0.29) is 18.2 Å². The normalized spacial score (nSPS) is 17.9. The number of nitrogens with zero attached hydrogens (tertiary/aromatic N) is 1. The first-order valence-electron chi connectivity index (χ1n) is 6.69. The molecule has 1 N–H and O–H groups in total. The second kappa shape index (κ2) is 6.10. The summed E-state index contributed by atoms with van der Waals surface area (Å²) < 4.78 is 0.847. The predicted molar refractivity (Wildman–Crippen MR) is 90.1 cm³/mol. The van der Waals surface area contributed by atoms with Crippen LogP contribution in [-0.2, 0) is 9.59 Å². The van der Waals surface area contributed by atoms with Gasteiger partial charge in [0, 0.05) is 15.2 Å². The monoisotopic (exact) mass is 378 g/mol. The highest BCUT2D eigenvalue weighted by Crippen LogP contribution is 2.28. The number of para-hydroxylation sites is 1. The van der Waals surface area contributed by atoms with Crippen molar-refractivity contribution in [2.24, 2.45) is 0 Å². The Balaban J connectivity index is 1.82. The molecule has 1 fully saturated rings. The van der Waals surface area contributed by atoms with E-state index in [0.717, 1.165) is 10.2 Å². The smallest absolute Gasteiger partial charge is 0.256 e. The van der Waals surface area contributed by atoms with Crippen LogP contribution in [0, 0.1) is 0 Å². The first kappa shape index (κ1) is 15.1. The molecule has 0 saturated carbocycles. The van der Waals surface area contributed by atoms with E-state index >= 15 is 0 Å². The SMILES string of the molecule is O=C1CC(Nc2ccccc2Br)C(=O)N1c1ccc(Cl)cc1. The highest BCUT2D eigenvalue weighted by molar-refractivity contribution is 9.10. The lowest BCUT2D eigenvalue weighted by molar-refractivity contribution is -0.121. The molecule has 0 bridgehead atoms. The number of nitrogens with one attached hydrogen (secondary N) is 1. The van der Waals surface area contributed by atoms with Crippen LogP contribution in [0.25, 0.3) is 0 Å². The lowest BCUT2D eigenvalue weighted by Gasteiger charge is -2.16. The average molecular weight is 380 g/mol. The van der Waals surface area contributed by atoms with Gasteiger partial charge in [-0.3, -0.25) is 9.59 Å². The van der Waals surface area contributed by atoms with Crippen molar-refractivity contribution in [3.8, 4) is 0 Å². The number of carbonyl (C=O) groups is 2. The molecule has 0 aromatic heterocycles. The lowest BCUT2D eigenvalue weighted by atomic mass is 10.2. The van der Waals surface area contributed by atoms with Crippen molar-refractivity contribution in [2.45, 2.75) is 12.5 Å². The maximum atomic E-state index is 12.5. The fourth-order valence-electron chi connectivity index (χ4n) is 2.37. The molecule has 1 unspecified atom stereocenters. The Hall–Kier alpha value is -1.85. The Morgan fingerprint density at radius 3 is 2.45 bits per heavy atom. The quantitative estimate of drug-likeness (QED) is 0.824. The number of imide groups is 1. The van der Waals surface area contributed by atoms with Crippen molar-refractivity contribution in [3.63, 3.8) is 0 Å². The fraction of sp³-hybridized carbons (Fsp3) is 0.125. The number of amides is 2. The van der Waals surface area contributed by atoms with Crippen LogP contribution < -0.4 is 10.2 Å². The van der Waals surface area contributed by atoms with Crippen LogP contribution in [0.3, 0.4) is 0 Å². The molecule has 2 aromatic rings. The molecule has 0 radical (unpaired) electrons. The Morgan fingerprint density at radius 2 is 1.77 bits per heavy atom. The molecule has 1 aliphatic rings. The summed E-state index contributed by atoms with van der Waals surface area (Å²) in [5.41, 5.74) is 1.32. The van der Waals surface area contributed by atoms with Gasteiger partial charge >= 0.3 is 0 Å². The third-order valence-electron chi connectivity index (χ3n) is 3.44. The van der Waals surface area contributed by atoms with Gasteiger partial charge in [0.25, 0.3) is 5.91 Å². The van der Waals surface area contributed by atoms with Gasteiger partial charge < -0.3 is 5.32 Å². The van der Waals surface area contributed by atoms with Gasteiger partial charge in [-0.2, -0.15) is 0 Å². The first-order chi connectivity index (χ1) is 10.6. The van der Waals surface area contributed by atoms with Crippen molar-refractivity contribution in [3.05, 3.63) is 58.0 Å². The van der Waals surface area contributed by atoms with Gasteiger partial charge in [-0.05, 0) is 52.3 Å². The Morgan fingerprint density at radius 1 is 1.09 bits per heavy atom. The van der Waals surface area contributed by atoms with Crippen LogP contribution in [-0.4, -0.2) is 17.9 Å². The highest BCUT2D eigenvalue weighted by atomic mass is 79.9. The van der Waals surface area contributed by atoms with E-state index in [1.54, 1.807) is 24.3 Å². The number of carbonyl (C=O) groups excluding carboxylic acids is 2. The van der Waals surface area contributed by atoms with Crippen molar-refractivity contribution in [1.82, 2.24) is 0 Å². The summed E-state index contributed by atoms with van der Waals surface area (Å²) in [6.45, 7) is 0. The zero-order valence-corrected chi connectivity index (χ0v) is 13.8. The molecule has 2 aromatic carbocycles. The Labute approximate surface area is 141 Å². The summed E-state index contributed by atoms with van der Waals surface area (Å²) in [6, 6.07) is 13.6. The van der Waals surface area contributed by atoms with Crippen molar-refractivity contribution < 1.29 is 9.59 Å². The van der Waals surface area contributed by atoms with Crippen molar-refractivity contribution in [2.75, 3.05) is 10.2 Å². The van der Waals surface area contributed by atoms with Crippen LogP contribution in [0.2, 0.25) is 5.02 Å². The molecule has 112 valence electrons. The number of hydrogen-bond acceptors (Lipinski definition) is 3. The van der Waals surface area contributed by atoms with Crippen LogP contribution in [0.5, 0.6) is 0 Å². The molecule has 1 aliphatic heterocycles. The van der Waals surface area contributed by atoms with Gasteiger partial charge in [-0.15, -0.1) is 0 Å². The van der Waals surface area contributed by atoms with Crippen molar-refractivity contribution >= 4 is 50.7 Å². The summed E-state index contributed by atoms with van der Waals surface area (Å²) in [5.74, 6) is -0.486. The maximum absolute atomic E-state index is 12.5. The molecular formula is C16H12BrClN2O2. The second-order valence-corrected chi connectivity index (χ2v) is 6.22. The van der Waals surface area contributed by atoms with Crippen molar-refractivity contribution in [1.29, 1.82) is 0 Å². The number of benzene rings is 2. The standard InChI is InChI=1S/C16H12BrClN2O2/c17-12-3-1-2-4-13(12)19-14-9-15(21)20(16(14)22)11-7-5-10(18)6-8-11/h1-8,14,19H,9H2. The number of rotatable bonds is 3. The minimum Gasteiger partial charge on any atom is -0.372 e. The molecule has 3 rings (SSSR count). The minimum absolute atomic E-state index is 0.128. The zero-order chi connectivity index (χ0) is 15.7. The van der Waals surface area contributed by atoms with E-state index < -0.39 is 6.04 Å². The van der Waals surface area contributed by atoms with E-state index in [1.807, 2.05) is 24.3 Å². The molecule has 0 spiro atoms. The molecule has 1 atom stereocenters. The van der Waals surface area contributed by atoms with Crippen LogP contribution >= 0.6 is 27.5 Å². The van der Waals surface area contributed by atoms with Gasteiger partial charge in [0.1, 0.15) is 6.04 Å². The minimum atomic E-state index is -0.568. The number of hydrogen-bond donors (Lipinski definition) is 1. The van der Waals surface area contributed by atoms with Crippen LogP contribution in [0.4, 0.5) is 11.4 Å². The Kier molecular flexibility index (Phi) is 4.18. The largest absolute Gasteiger partial charge is 0.372 e. The molecule has 1 saturated heterocycles. The second-order valence-electron chi connectivity index (χ2n) is 4.92. The third kappa shape index (κ3) is 2.87. The van der Waals surface area contributed by atoms with E-state index in [1.165, 1.54) is 4.90 Å². The summed E-state index contributed by atoms with van der Waals surface area (Å²) in [5, 5.41) is 3.68. The fourth-order valence-corrected chi connectivity index (χ4v) is 2.90. The lowest BCUT2D eigenvalue weighted by Crippen LogP contribution is -2.34. The summed E-state index contributed by atoms with van der Waals surface area (Å²) in [6.07, 6.45) is 0.128. The van der Waals surface area contributed by atoms with E-state index in [9.17, 15) is 9.59 Å². The van der Waals surface area contributed by atoms with Crippen LogP contribution in [0.1, 0.15) is 6.42 Å². The van der Waals surface area contributed by atoms with E-state index in [4.69, 9.17) is 11.6 Å².